The Morgan fingerprint density at radius 2 is 1.88 bits per heavy atom. The molecule has 2 heterocycles. The second-order valence-corrected chi connectivity index (χ2v) is 9.93. The number of halogens is 1. The average molecular weight is 468 g/mol. The molecule has 2 N–H and O–H groups in total. The summed E-state index contributed by atoms with van der Waals surface area (Å²) < 4.78 is 49.4. The molecule has 0 radical (unpaired) electrons. The largest absolute Gasteiger partial charge is 0.493 e. The zero-order valence-electron chi connectivity index (χ0n) is 17.8. The zero-order chi connectivity index (χ0) is 23.2. The number of anilines is 1. The smallest absolute Gasteiger partial charge is 0.274 e. The van der Waals surface area contributed by atoms with Gasteiger partial charge in [0.05, 0.1) is 11.5 Å². The lowest BCUT2D eigenvalue weighted by atomic mass is 10.0. The van der Waals surface area contributed by atoms with Crippen LogP contribution >= 0.6 is 0 Å². The maximum atomic E-state index is 13.2. The lowest BCUT2D eigenvalue weighted by Crippen LogP contribution is -2.17. The maximum Gasteiger partial charge on any atom is 0.274 e. The van der Waals surface area contributed by atoms with Crippen LogP contribution in [-0.4, -0.2) is 24.6 Å². The monoisotopic (exact) mass is 467 g/mol. The summed E-state index contributed by atoms with van der Waals surface area (Å²) in [6, 6.07) is 11.5. The van der Waals surface area contributed by atoms with Gasteiger partial charge in [0.25, 0.3) is 15.6 Å². The minimum absolute atomic E-state index is 0.0261. The summed E-state index contributed by atoms with van der Waals surface area (Å²) in [6.07, 6.45) is 5.59. The number of benzene rings is 2. The number of aromatic amines is 1. The lowest BCUT2D eigenvalue weighted by Gasteiger charge is -2.16. The fraction of sp³-hybridized carbons (Fsp3) is 0.208. The molecule has 4 aromatic rings. The Hall–Kier alpha value is -3.59. The predicted molar refractivity (Wildman–Crippen MR) is 124 cm³/mol. The summed E-state index contributed by atoms with van der Waals surface area (Å²) in [5, 5.41) is 0.676. The van der Waals surface area contributed by atoms with Crippen LogP contribution in [0.3, 0.4) is 0 Å². The van der Waals surface area contributed by atoms with Crippen molar-refractivity contribution in [2.75, 3.05) is 11.3 Å². The van der Waals surface area contributed by atoms with Gasteiger partial charge in [-0.15, -0.1) is 0 Å². The highest BCUT2D eigenvalue weighted by atomic mass is 32.2. The molecular formula is C24H22FN3O4S. The standard InChI is InChI=1S/C24H22FN3O4S/c1-28-13-21(19-10-11-26-23(19)24(28)29)20-12-18(8-9-22(20)32-14-15-2-3-15)33(30,31)27-17-6-4-16(25)5-7-17/h4-13,15,26-27H,2-3,14H2,1H3. The minimum atomic E-state index is -3.95. The summed E-state index contributed by atoms with van der Waals surface area (Å²) in [5.41, 5.74) is 1.75. The van der Waals surface area contributed by atoms with Gasteiger partial charge in [-0.1, -0.05) is 0 Å². The molecular weight excluding hydrogens is 445 g/mol. The molecule has 1 aliphatic rings. The number of pyridine rings is 1. The van der Waals surface area contributed by atoms with Crippen molar-refractivity contribution in [1.29, 1.82) is 0 Å². The molecule has 0 unspecified atom stereocenters. The first-order valence-corrected chi connectivity index (χ1v) is 12.0. The van der Waals surface area contributed by atoms with Gasteiger partial charge in [0.1, 0.15) is 17.1 Å². The fourth-order valence-electron chi connectivity index (χ4n) is 3.72. The number of hydrogen-bond donors (Lipinski definition) is 2. The first kappa shape index (κ1) is 21.3. The van der Waals surface area contributed by atoms with Crippen LogP contribution in [0.25, 0.3) is 22.0 Å². The van der Waals surface area contributed by atoms with Crippen molar-refractivity contribution >= 4 is 26.6 Å². The van der Waals surface area contributed by atoms with Gasteiger partial charge < -0.3 is 14.3 Å². The average Bonchev–Trinajstić information content (AvgIpc) is 3.49. The van der Waals surface area contributed by atoms with E-state index >= 15 is 0 Å². The van der Waals surface area contributed by atoms with Gasteiger partial charge in [-0.25, -0.2) is 12.8 Å². The highest BCUT2D eigenvalue weighted by Gasteiger charge is 2.24. The number of ether oxygens (including phenoxy) is 1. The van der Waals surface area contributed by atoms with Crippen LogP contribution in [0, 0.1) is 11.7 Å². The lowest BCUT2D eigenvalue weighted by molar-refractivity contribution is 0.301. The number of aromatic nitrogens is 2. The number of sulfonamides is 1. The van der Waals surface area contributed by atoms with Crippen LogP contribution in [0.1, 0.15) is 12.8 Å². The molecule has 0 atom stereocenters. The highest BCUT2D eigenvalue weighted by Crippen LogP contribution is 2.38. The molecule has 1 saturated carbocycles. The Balaban J connectivity index is 1.62. The molecule has 0 aliphatic heterocycles. The molecule has 0 bridgehead atoms. The Kier molecular flexibility index (Phi) is 5.20. The molecule has 0 amide bonds. The predicted octanol–water partition coefficient (Wildman–Crippen LogP) is 4.26. The topological polar surface area (TPSA) is 93.2 Å². The van der Waals surface area contributed by atoms with Crippen LogP contribution in [0.2, 0.25) is 0 Å². The minimum Gasteiger partial charge on any atom is -0.493 e. The van der Waals surface area contributed by atoms with E-state index in [9.17, 15) is 17.6 Å². The number of H-pyrrole nitrogens is 1. The van der Waals surface area contributed by atoms with E-state index in [0.29, 0.717) is 40.3 Å². The van der Waals surface area contributed by atoms with Gasteiger partial charge in [0, 0.05) is 41.6 Å². The van der Waals surface area contributed by atoms with Crippen molar-refractivity contribution < 1.29 is 17.5 Å². The molecule has 1 fully saturated rings. The Morgan fingerprint density at radius 3 is 2.61 bits per heavy atom. The molecule has 33 heavy (non-hydrogen) atoms. The van der Waals surface area contributed by atoms with Crippen LogP contribution in [-0.2, 0) is 17.1 Å². The van der Waals surface area contributed by atoms with Crippen molar-refractivity contribution in [3.63, 3.8) is 0 Å². The zero-order valence-corrected chi connectivity index (χ0v) is 18.7. The summed E-state index contributed by atoms with van der Waals surface area (Å²) in [7, 11) is -2.31. The van der Waals surface area contributed by atoms with Crippen LogP contribution in [0.15, 0.2) is 70.6 Å². The van der Waals surface area contributed by atoms with Gasteiger partial charge in [-0.3, -0.25) is 9.52 Å². The van der Waals surface area contributed by atoms with E-state index in [1.54, 1.807) is 37.6 Å². The summed E-state index contributed by atoms with van der Waals surface area (Å²) in [6.45, 7) is 0.551. The van der Waals surface area contributed by atoms with Gasteiger partial charge in [-0.05, 0) is 67.3 Å². The fourth-order valence-corrected chi connectivity index (χ4v) is 4.80. The van der Waals surface area contributed by atoms with Gasteiger partial charge in [0.2, 0.25) is 0 Å². The van der Waals surface area contributed by atoms with Crippen molar-refractivity contribution in [2.24, 2.45) is 13.0 Å². The molecule has 5 rings (SSSR count). The molecule has 0 spiro atoms. The van der Waals surface area contributed by atoms with Crippen LogP contribution < -0.4 is 15.0 Å². The molecule has 7 nitrogen and oxygen atoms in total. The highest BCUT2D eigenvalue weighted by molar-refractivity contribution is 7.92. The summed E-state index contributed by atoms with van der Waals surface area (Å²) in [4.78, 5) is 15.5. The summed E-state index contributed by atoms with van der Waals surface area (Å²) in [5.74, 6) is 0.597. The third-order valence-electron chi connectivity index (χ3n) is 5.71. The molecule has 9 heteroatoms. The Labute approximate surface area is 189 Å². The number of nitrogens with zero attached hydrogens (tertiary/aromatic N) is 1. The third-order valence-corrected chi connectivity index (χ3v) is 7.09. The summed E-state index contributed by atoms with van der Waals surface area (Å²) >= 11 is 0. The second kappa shape index (κ2) is 8.08. The first-order chi connectivity index (χ1) is 15.8. The number of rotatable bonds is 7. The van der Waals surface area contributed by atoms with E-state index in [1.807, 2.05) is 0 Å². The first-order valence-electron chi connectivity index (χ1n) is 10.5. The number of nitrogens with one attached hydrogen (secondary N) is 2. The molecule has 1 aliphatic carbocycles. The number of hydrogen-bond acceptors (Lipinski definition) is 4. The maximum absolute atomic E-state index is 13.2. The van der Waals surface area contributed by atoms with Crippen LogP contribution in [0.4, 0.5) is 10.1 Å². The van der Waals surface area contributed by atoms with Crippen molar-refractivity contribution in [3.8, 4) is 16.9 Å². The Bertz CT molecular complexity index is 1500. The second-order valence-electron chi connectivity index (χ2n) is 8.25. The number of fused-ring (bicyclic) bond motifs is 1. The van der Waals surface area contributed by atoms with E-state index in [1.165, 1.54) is 34.9 Å². The van der Waals surface area contributed by atoms with Crippen molar-refractivity contribution in [3.05, 3.63) is 77.1 Å². The van der Waals surface area contributed by atoms with Gasteiger partial charge in [-0.2, -0.15) is 0 Å². The molecule has 170 valence electrons. The Morgan fingerprint density at radius 1 is 1.12 bits per heavy atom. The van der Waals surface area contributed by atoms with Crippen molar-refractivity contribution in [2.45, 2.75) is 17.7 Å². The van der Waals surface area contributed by atoms with E-state index in [-0.39, 0.29) is 16.1 Å². The van der Waals surface area contributed by atoms with E-state index in [0.717, 1.165) is 12.8 Å². The quantitative estimate of drug-likeness (QED) is 0.425. The SMILES string of the molecule is Cn1cc(-c2cc(S(=O)(=O)Nc3ccc(F)cc3)ccc2OCC2CC2)c2cc[nH]c2c1=O. The van der Waals surface area contributed by atoms with Gasteiger partial charge >= 0.3 is 0 Å². The van der Waals surface area contributed by atoms with E-state index < -0.39 is 15.8 Å². The van der Waals surface area contributed by atoms with E-state index in [4.69, 9.17) is 4.74 Å². The normalized spacial score (nSPS) is 13.9. The molecule has 2 aromatic carbocycles. The third kappa shape index (κ3) is 4.23. The van der Waals surface area contributed by atoms with Crippen LogP contribution in [0.5, 0.6) is 5.75 Å². The van der Waals surface area contributed by atoms with E-state index in [2.05, 4.69) is 9.71 Å². The molecule has 0 saturated heterocycles. The number of aryl methyl sites for hydroxylation is 1. The molecule has 2 aromatic heterocycles. The van der Waals surface area contributed by atoms with Crippen molar-refractivity contribution in [1.82, 2.24) is 9.55 Å². The van der Waals surface area contributed by atoms with Gasteiger partial charge in [0.15, 0.2) is 0 Å².